The molecule has 2 N–H and O–H groups in total. The van der Waals surface area contributed by atoms with Crippen LogP contribution in [0.5, 0.6) is 6.01 Å². The van der Waals surface area contributed by atoms with Crippen molar-refractivity contribution in [3.05, 3.63) is 40.8 Å². The summed E-state index contributed by atoms with van der Waals surface area (Å²) in [5.74, 6) is 0.0169. The number of ether oxygens (including phenoxy) is 1. The molecule has 7 nitrogen and oxygen atoms in total. The van der Waals surface area contributed by atoms with Gasteiger partial charge in [0.05, 0.1) is 12.3 Å². The lowest BCUT2D eigenvalue weighted by Crippen LogP contribution is -2.13. The zero-order chi connectivity index (χ0) is 14.7. The molecule has 108 valence electrons. The van der Waals surface area contributed by atoms with Crippen molar-refractivity contribution in [2.45, 2.75) is 6.92 Å². The van der Waals surface area contributed by atoms with Crippen LogP contribution in [0.2, 0.25) is 0 Å². The van der Waals surface area contributed by atoms with E-state index in [2.05, 4.69) is 20.5 Å². The Hall–Kier alpha value is -2.61. The third kappa shape index (κ3) is 2.79. The third-order valence-electron chi connectivity index (χ3n) is 2.70. The van der Waals surface area contributed by atoms with Crippen LogP contribution in [0, 0.1) is 0 Å². The number of hydrogen-bond donors (Lipinski definition) is 2. The fraction of sp³-hybridized carbons (Fsp3) is 0.154. The highest BCUT2D eigenvalue weighted by Gasteiger charge is 2.16. The van der Waals surface area contributed by atoms with Crippen molar-refractivity contribution in [3.63, 3.8) is 0 Å². The van der Waals surface area contributed by atoms with E-state index in [0.717, 1.165) is 5.69 Å². The van der Waals surface area contributed by atoms with E-state index < -0.39 is 0 Å². The van der Waals surface area contributed by atoms with Crippen molar-refractivity contribution in [2.75, 3.05) is 11.9 Å². The Bertz CT molecular complexity index is 731. The number of rotatable bonds is 5. The monoisotopic (exact) mass is 303 g/mol. The van der Waals surface area contributed by atoms with Crippen LogP contribution >= 0.6 is 11.3 Å². The molecule has 0 unspecified atom stereocenters. The second-order valence-electron chi connectivity index (χ2n) is 4.08. The first kappa shape index (κ1) is 13.4. The Morgan fingerprint density at radius 2 is 2.29 bits per heavy atom. The summed E-state index contributed by atoms with van der Waals surface area (Å²) >= 11 is 1.37. The summed E-state index contributed by atoms with van der Waals surface area (Å²) in [6.45, 7) is 2.30. The highest BCUT2D eigenvalue weighted by molar-refractivity contribution is 7.12. The number of aromatic nitrogens is 4. The Balaban J connectivity index is 1.78. The summed E-state index contributed by atoms with van der Waals surface area (Å²) in [7, 11) is 0. The maximum absolute atomic E-state index is 12.3. The van der Waals surface area contributed by atoms with Crippen molar-refractivity contribution in [1.29, 1.82) is 0 Å². The highest BCUT2D eigenvalue weighted by atomic mass is 32.1. The van der Waals surface area contributed by atoms with Gasteiger partial charge in [-0.25, -0.2) is 5.10 Å². The molecule has 0 atom stereocenters. The van der Waals surface area contributed by atoms with Crippen LogP contribution in [0.4, 0.5) is 5.95 Å². The van der Waals surface area contributed by atoms with Gasteiger partial charge in [-0.15, -0.1) is 16.4 Å². The van der Waals surface area contributed by atoms with E-state index in [0.29, 0.717) is 11.5 Å². The maximum Gasteiger partial charge on any atom is 0.337 e. The summed E-state index contributed by atoms with van der Waals surface area (Å²) in [5, 5.41) is 11.0. The average Bonchev–Trinajstić information content (AvgIpc) is 3.20. The summed E-state index contributed by atoms with van der Waals surface area (Å²) in [6, 6.07) is 5.92. The number of carbonyl (C=O) groups is 1. The van der Waals surface area contributed by atoms with Crippen molar-refractivity contribution in [3.8, 4) is 11.7 Å². The molecule has 0 aliphatic carbocycles. The van der Waals surface area contributed by atoms with Gasteiger partial charge in [0.1, 0.15) is 4.88 Å². The van der Waals surface area contributed by atoms with Crippen LogP contribution in [0.3, 0.4) is 0 Å². The Morgan fingerprint density at radius 3 is 3.05 bits per heavy atom. The standard InChI is InChI=1S/C13H13N5O2S/c1-2-20-13-15-12(16-17-13)14-11(19)10-9(5-8-21-10)18-6-3-4-7-18/h3-8H,2H2,1H3,(H2,14,15,16,17,19). The molecular weight excluding hydrogens is 290 g/mol. The molecule has 3 aromatic rings. The van der Waals surface area contributed by atoms with Gasteiger partial charge >= 0.3 is 6.01 Å². The Kier molecular flexibility index (Phi) is 3.69. The van der Waals surface area contributed by atoms with Crippen molar-refractivity contribution in [1.82, 2.24) is 19.7 Å². The number of carbonyl (C=O) groups excluding carboxylic acids is 1. The normalized spacial score (nSPS) is 10.5. The molecule has 0 saturated heterocycles. The first-order valence-corrected chi connectivity index (χ1v) is 7.23. The fourth-order valence-electron chi connectivity index (χ4n) is 1.83. The van der Waals surface area contributed by atoms with Crippen LogP contribution in [0.25, 0.3) is 5.69 Å². The molecule has 0 fully saturated rings. The van der Waals surface area contributed by atoms with Gasteiger partial charge in [-0.1, -0.05) is 0 Å². The van der Waals surface area contributed by atoms with Crippen LogP contribution in [0.1, 0.15) is 16.6 Å². The van der Waals surface area contributed by atoms with Gasteiger partial charge in [0.2, 0.25) is 5.95 Å². The zero-order valence-electron chi connectivity index (χ0n) is 11.2. The van der Waals surface area contributed by atoms with Crippen molar-refractivity contribution >= 4 is 23.2 Å². The van der Waals surface area contributed by atoms with E-state index >= 15 is 0 Å². The predicted molar refractivity (Wildman–Crippen MR) is 79.2 cm³/mol. The lowest BCUT2D eigenvalue weighted by Gasteiger charge is -2.04. The minimum Gasteiger partial charge on any atom is -0.463 e. The number of H-pyrrole nitrogens is 1. The van der Waals surface area contributed by atoms with Crippen LogP contribution in [0.15, 0.2) is 36.0 Å². The molecule has 8 heteroatoms. The highest BCUT2D eigenvalue weighted by Crippen LogP contribution is 2.22. The molecule has 0 bridgehead atoms. The second-order valence-corrected chi connectivity index (χ2v) is 5.00. The largest absolute Gasteiger partial charge is 0.463 e. The number of amides is 1. The third-order valence-corrected chi connectivity index (χ3v) is 3.61. The number of nitrogens with one attached hydrogen (secondary N) is 2. The number of aromatic amines is 1. The predicted octanol–water partition coefficient (Wildman–Crippen LogP) is 2.31. The molecule has 0 saturated carbocycles. The summed E-state index contributed by atoms with van der Waals surface area (Å²) in [6.07, 6.45) is 3.78. The number of thiophene rings is 1. The molecule has 21 heavy (non-hydrogen) atoms. The lowest BCUT2D eigenvalue weighted by molar-refractivity contribution is 0.102. The smallest absolute Gasteiger partial charge is 0.337 e. The quantitative estimate of drug-likeness (QED) is 0.757. The van der Waals surface area contributed by atoms with E-state index in [1.54, 1.807) is 0 Å². The molecule has 0 aromatic carbocycles. The Morgan fingerprint density at radius 1 is 1.48 bits per heavy atom. The van der Waals surface area contributed by atoms with Gasteiger partial charge < -0.3 is 9.30 Å². The zero-order valence-corrected chi connectivity index (χ0v) is 12.1. The van der Waals surface area contributed by atoms with E-state index in [-0.39, 0.29) is 17.9 Å². The number of anilines is 1. The van der Waals surface area contributed by atoms with Gasteiger partial charge in [-0.3, -0.25) is 10.1 Å². The van der Waals surface area contributed by atoms with Crippen molar-refractivity contribution in [2.24, 2.45) is 0 Å². The maximum atomic E-state index is 12.3. The SMILES string of the molecule is CCOc1n[nH]c(NC(=O)c2sccc2-n2cccc2)n1. The molecule has 0 aliphatic rings. The lowest BCUT2D eigenvalue weighted by atomic mass is 10.3. The first-order chi connectivity index (χ1) is 10.3. The van der Waals surface area contributed by atoms with Gasteiger partial charge in [0.15, 0.2) is 0 Å². The summed E-state index contributed by atoms with van der Waals surface area (Å²) in [5.41, 5.74) is 0.826. The number of nitrogens with zero attached hydrogens (tertiary/aromatic N) is 3. The Labute approximate surface area is 124 Å². The average molecular weight is 303 g/mol. The van der Waals surface area contributed by atoms with Crippen LogP contribution in [-0.2, 0) is 0 Å². The van der Waals surface area contributed by atoms with Gasteiger partial charge in [-0.2, -0.15) is 4.98 Å². The van der Waals surface area contributed by atoms with Crippen molar-refractivity contribution < 1.29 is 9.53 Å². The topological polar surface area (TPSA) is 84.8 Å². The molecule has 3 heterocycles. The number of hydrogen-bond acceptors (Lipinski definition) is 5. The fourth-order valence-corrected chi connectivity index (χ4v) is 2.62. The molecule has 1 amide bonds. The van der Waals surface area contributed by atoms with Crippen LogP contribution < -0.4 is 10.1 Å². The first-order valence-electron chi connectivity index (χ1n) is 6.35. The molecule has 3 rings (SSSR count). The molecule has 3 aromatic heterocycles. The van der Waals surface area contributed by atoms with Gasteiger partial charge in [0.25, 0.3) is 5.91 Å². The second kappa shape index (κ2) is 5.80. The molecular formula is C13H13N5O2S. The van der Waals surface area contributed by atoms with E-state index in [9.17, 15) is 4.79 Å². The van der Waals surface area contributed by atoms with E-state index in [1.165, 1.54) is 11.3 Å². The van der Waals surface area contributed by atoms with Gasteiger partial charge in [0, 0.05) is 12.4 Å². The molecule has 0 radical (unpaired) electrons. The minimum atomic E-state index is -0.243. The minimum absolute atomic E-state index is 0.213. The van der Waals surface area contributed by atoms with Gasteiger partial charge in [-0.05, 0) is 30.5 Å². The summed E-state index contributed by atoms with van der Waals surface area (Å²) < 4.78 is 7.02. The summed E-state index contributed by atoms with van der Waals surface area (Å²) in [4.78, 5) is 16.9. The van der Waals surface area contributed by atoms with E-state index in [4.69, 9.17) is 4.74 Å². The molecule has 0 aliphatic heterocycles. The van der Waals surface area contributed by atoms with E-state index in [1.807, 2.05) is 47.5 Å². The van der Waals surface area contributed by atoms with Crippen LogP contribution in [-0.4, -0.2) is 32.3 Å². The molecule has 0 spiro atoms.